The lowest BCUT2D eigenvalue weighted by molar-refractivity contribution is -0.136. The number of carboxylic acid groups (broad SMARTS) is 1. The molecular formula is C17H18ClN3O4S. The van der Waals surface area contributed by atoms with Crippen LogP contribution in [0.15, 0.2) is 41.6 Å². The highest BCUT2D eigenvalue weighted by atomic mass is 35.5. The molecule has 26 heavy (non-hydrogen) atoms. The van der Waals surface area contributed by atoms with Gasteiger partial charge in [0, 0.05) is 31.4 Å². The predicted octanol–water partition coefficient (Wildman–Crippen LogP) is 2.33. The first-order valence-corrected chi connectivity index (χ1v) is 9.96. The standard InChI is InChI=1S/C17H18ClN3O4S/c18-14-10-19-17(20-11-14)13-4-6-21(7-5-13)26(24,25)15-3-1-2-12(8-15)9-16(22)23/h1-3,8,10-11,13H,4-7,9H2,(H,22,23). The van der Waals surface area contributed by atoms with E-state index in [1.54, 1.807) is 24.5 Å². The monoisotopic (exact) mass is 395 g/mol. The lowest BCUT2D eigenvalue weighted by Crippen LogP contribution is -2.38. The van der Waals surface area contributed by atoms with E-state index in [0.717, 1.165) is 0 Å². The Balaban J connectivity index is 1.71. The number of aliphatic carboxylic acids is 1. The third-order valence-corrected chi connectivity index (χ3v) is 6.44. The maximum Gasteiger partial charge on any atom is 0.307 e. The summed E-state index contributed by atoms with van der Waals surface area (Å²) in [7, 11) is -3.65. The number of aromatic nitrogens is 2. The van der Waals surface area contributed by atoms with Gasteiger partial charge in [0.15, 0.2) is 0 Å². The van der Waals surface area contributed by atoms with Crippen molar-refractivity contribution in [1.82, 2.24) is 14.3 Å². The molecule has 138 valence electrons. The van der Waals surface area contributed by atoms with E-state index in [9.17, 15) is 13.2 Å². The fourth-order valence-corrected chi connectivity index (χ4v) is 4.67. The average Bonchev–Trinajstić information content (AvgIpc) is 2.62. The van der Waals surface area contributed by atoms with Gasteiger partial charge in [0.1, 0.15) is 5.82 Å². The molecule has 1 saturated heterocycles. The van der Waals surface area contributed by atoms with Crippen molar-refractivity contribution in [1.29, 1.82) is 0 Å². The summed E-state index contributed by atoms with van der Waals surface area (Å²) in [4.78, 5) is 19.4. The molecule has 9 heteroatoms. The largest absolute Gasteiger partial charge is 0.481 e. The Labute approximate surface area is 156 Å². The quantitative estimate of drug-likeness (QED) is 0.833. The van der Waals surface area contributed by atoms with Crippen LogP contribution in [0.4, 0.5) is 0 Å². The van der Waals surface area contributed by atoms with Crippen molar-refractivity contribution in [3.8, 4) is 0 Å². The molecule has 0 unspecified atom stereocenters. The van der Waals surface area contributed by atoms with Crippen LogP contribution in [-0.4, -0.2) is 46.9 Å². The predicted molar refractivity (Wildman–Crippen MR) is 95.6 cm³/mol. The fraction of sp³-hybridized carbons (Fsp3) is 0.353. The molecule has 3 rings (SSSR count). The summed E-state index contributed by atoms with van der Waals surface area (Å²) in [6.07, 6.45) is 4.12. The second-order valence-corrected chi connectivity index (χ2v) is 8.53. The minimum Gasteiger partial charge on any atom is -0.481 e. The summed E-state index contributed by atoms with van der Waals surface area (Å²) in [5, 5.41) is 9.35. The molecule has 1 aliphatic heterocycles. The molecule has 7 nitrogen and oxygen atoms in total. The topological polar surface area (TPSA) is 100 Å². The van der Waals surface area contributed by atoms with Crippen molar-refractivity contribution < 1.29 is 18.3 Å². The number of benzene rings is 1. The van der Waals surface area contributed by atoms with E-state index >= 15 is 0 Å². The Morgan fingerprint density at radius 1 is 1.23 bits per heavy atom. The van der Waals surface area contributed by atoms with Gasteiger partial charge in [-0.05, 0) is 30.5 Å². The van der Waals surface area contributed by atoms with Gasteiger partial charge >= 0.3 is 5.97 Å². The molecule has 0 bridgehead atoms. The Kier molecular flexibility index (Phi) is 5.55. The van der Waals surface area contributed by atoms with Crippen molar-refractivity contribution in [3.63, 3.8) is 0 Å². The molecule has 0 atom stereocenters. The summed E-state index contributed by atoms with van der Waals surface area (Å²) in [5.41, 5.74) is 0.461. The molecule has 1 aliphatic rings. The first-order valence-electron chi connectivity index (χ1n) is 8.14. The number of carboxylic acids is 1. The first kappa shape index (κ1) is 18.8. The maximum atomic E-state index is 12.8. The molecule has 0 saturated carbocycles. The van der Waals surface area contributed by atoms with E-state index in [1.165, 1.54) is 16.4 Å². The Morgan fingerprint density at radius 3 is 2.50 bits per heavy atom. The van der Waals surface area contributed by atoms with Crippen LogP contribution in [0.25, 0.3) is 0 Å². The highest BCUT2D eigenvalue weighted by Gasteiger charge is 2.31. The van der Waals surface area contributed by atoms with E-state index in [0.29, 0.717) is 42.3 Å². The molecule has 0 amide bonds. The van der Waals surface area contributed by atoms with Crippen molar-refractivity contribution in [2.75, 3.05) is 13.1 Å². The van der Waals surface area contributed by atoms with Gasteiger partial charge in [-0.2, -0.15) is 4.31 Å². The van der Waals surface area contributed by atoms with Gasteiger partial charge < -0.3 is 5.11 Å². The van der Waals surface area contributed by atoms with E-state index in [-0.39, 0.29) is 17.2 Å². The summed E-state index contributed by atoms with van der Waals surface area (Å²) in [6, 6.07) is 6.10. The Bertz CT molecular complexity index is 894. The van der Waals surface area contributed by atoms with Gasteiger partial charge in [0.2, 0.25) is 10.0 Å². The molecule has 2 aromatic rings. The van der Waals surface area contributed by atoms with Gasteiger partial charge in [-0.3, -0.25) is 4.79 Å². The second kappa shape index (κ2) is 7.69. The summed E-state index contributed by atoms with van der Waals surface area (Å²) in [5.74, 6) is -0.227. The molecule has 2 heterocycles. The lowest BCUT2D eigenvalue weighted by atomic mass is 9.97. The number of hydrogen-bond donors (Lipinski definition) is 1. The highest BCUT2D eigenvalue weighted by Crippen LogP contribution is 2.29. The van der Waals surface area contributed by atoms with Crippen LogP contribution in [0, 0.1) is 0 Å². The van der Waals surface area contributed by atoms with E-state index in [4.69, 9.17) is 16.7 Å². The van der Waals surface area contributed by atoms with Crippen molar-refractivity contribution in [2.45, 2.75) is 30.1 Å². The molecule has 0 spiro atoms. The van der Waals surface area contributed by atoms with Crippen LogP contribution in [0.1, 0.15) is 30.1 Å². The third-order valence-electron chi connectivity index (χ3n) is 4.35. The fourth-order valence-electron chi connectivity index (χ4n) is 3.03. The van der Waals surface area contributed by atoms with Gasteiger partial charge in [0.05, 0.1) is 16.3 Å². The lowest BCUT2D eigenvalue weighted by Gasteiger charge is -2.30. The molecule has 1 aromatic heterocycles. The minimum absolute atomic E-state index is 0.0945. The minimum atomic E-state index is -3.65. The van der Waals surface area contributed by atoms with E-state index < -0.39 is 16.0 Å². The zero-order chi connectivity index (χ0) is 18.7. The average molecular weight is 396 g/mol. The Morgan fingerprint density at radius 2 is 1.88 bits per heavy atom. The van der Waals surface area contributed by atoms with Crippen molar-refractivity contribution in [3.05, 3.63) is 53.1 Å². The van der Waals surface area contributed by atoms with Gasteiger partial charge in [-0.25, -0.2) is 18.4 Å². The summed E-state index contributed by atoms with van der Waals surface area (Å²) in [6.45, 7) is 0.726. The van der Waals surface area contributed by atoms with Crippen LogP contribution in [-0.2, 0) is 21.2 Å². The number of halogens is 1. The molecule has 1 aromatic carbocycles. The number of carbonyl (C=O) groups is 1. The van der Waals surface area contributed by atoms with Gasteiger partial charge in [-0.1, -0.05) is 23.7 Å². The number of hydrogen-bond acceptors (Lipinski definition) is 5. The van der Waals surface area contributed by atoms with Crippen LogP contribution >= 0.6 is 11.6 Å². The van der Waals surface area contributed by atoms with Gasteiger partial charge in [0.25, 0.3) is 0 Å². The molecule has 1 N–H and O–H groups in total. The number of piperidine rings is 1. The first-order chi connectivity index (χ1) is 12.4. The van der Waals surface area contributed by atoms with E-state index in [1.807, 2.05) is 0 Å². The normalized spacial score (nSPS) is 16.5. The van der Waals surface area contributed by atoms with Crippen LogP contribution in [0.2, 0.25) is 5.02 Å². The molecule has 1 fully saturated rings. The van der Waals surface area contributed by atoms with Crippen molar-refractivity contribution >= 4 is 27.6 Å². The number of nitrogens with zero attached hydrogens (tertiary/aromatic N) is 3. The molecule has 0 aliphatic carbocycles. The third kappa shape index (κ3) is 4.20. The summed E-state index contributed by atoms with van der Waals surface area (Å²) >= 11 is 5.80. The van der Waals surface area contributed by atoms with Gasteiger partial charge in [-0.15, -0.1) is 0 Å². The Hall–Kier alpha value is -2.03. The second-order valence-electron chi connectivity index (χ2n) is 6.16. The molecular weight excluding hydrogens is 378 g/mol. The number of sulfonamides is 1. The van der Waals surface area contributed by atoms with E-state index in [2.05, 4.69) is 9.97 Å². The SMILES string of the molecule is O=C(O)Cc1cccc(S(=O)(=O)N2CCC(c3ncc(Cl)cn3)CC2)c1. The molecule has 0 radical (unpaired) electrons. The zero-order valence-corrected chi connectivity index (χ0v) is 15.4. The van der Waals surface area contributed by atoms with Crippen LogP contribution in [0.5, 0.6) is 0 Å². The maximum absolute atomic E-state index is 12.8. The summed E-state index contributed by atoms with van der Waals surface area (Å²) < 4.78 is 27.1. The smallest absolute Gasteiger partial charge is 0.307 e. The van der Waals surface area contributed by atoms with Crippen LogP contribution < -0.4 is 0 Å². The van der Waals surface area contributed by atoms with Crippen molar-refractivity contribution in [2.24, 2.45) is 0 Å². The highest BCUT2D eigenvalue weighted by molar-refractivity contribution is 7.89. The number of rotatable bonds is 5. The van der Waals surface area contributed by atoms with Crippen LogP contribution in [0.3, 0.4) is 0 Å². The zero-order valence-electron chi connectivity index (χ0n) is 13.9.